The summed E-state index contributed by atoms with van der Waals surface area (Å²) in [5.74, 6) is 0. The van der Waals surface area contributed by atoms with Gasteiger partial charge in [-0.3, -0.25) is 0 Å². The van der Waals surface area contributed by atoms with Gasteiger partial charge in [-0.1, -0.05) is 36.2 Å². The lowest BCUT2D eigenvalue weighted by Crippen LogP contribution is -2.46. The summed E-state index contributed by atoms with van der Waals surface area (Å²) in [6.45, 7) is 2.67. The first-order chi connectivity index (χ1) is 8.03. The normalized spacial score (nSPS) is 17.3. The van der Waals surface area contributed by atoms with Crippen molar-refractivity contribution < 1.29 is 9.90 Å². The van der Waals surface area contributed by atoms with Gasteiger partial charge in [0.25, 0.3) is 0 Å². The number of hydrogen-bond acceptors (Lipinski definition) is 1. The average molecular weight is 233 g/mol. The fraction of sp³-hybridized carbons (Fsp3) is 0.500. The molecule has 1 aromatic rings. The van der Waals surface area contributed by atoms with Gasteiger partial charge >= 0.3 is 6.09 Å². The number of likely N-dealkylation sites (N-methyl/N-ethyl adjacent to an activating group) is 1. The highest BCUT2D eigenvalue weighted by molar-refractivity contribution is 5.64. The molecule has 0 atom stereocenters. The maximum absolute atomic E-state index is 10.9. The van der Waals surface area contributed by atoms with E-state index in [1.165, 1.54) is 22.4 Å². The third-order valence-corrected chi connectivity index (χ3v) is 3.84. The number of amides is 1. The molecule has 1 N–H and O–H groups in total. The summed E-state index contributed by atoms with van der Waals surface area (Å²) >= 11 is 0. The van der Waals surface area contributed by atoms with Crippen LogP contribution in [0, 0.1) is 6.92 Å². The van der Waals surface area contributed by atoms with Crippen molar-refractivity contribution in [1.82, 2.24) is 4.90 Å². The molecule has 0 unspecified atom stereocenters. The highest BCUT2D eigenvalue weighted by Gasteiger charge is 2.40. The van der Waals surface area contributed by atoms with Crippen molar-refractivity contribution in [3.05, 3.63) is 35.4 Å². The summed E-state index contributed by atoms with van der Waals surface area (Å²) in [4.78, 5) is 12.3. The smallest absolute Gasteiger partial charge is 0.407 e. The predicted octanol–water partition coefficient (Wildman–Crippen LogP) is 3.03. The quantitative estimate of drug-likeness (QED) is 0.871. The molecule has 2 rings (SSSR count). The lowest BCUT2D eigenvalue weighted by Gasteiger charge is -2.44. The van der Waals surface area contributed by atoms with Gasteiger partial charge in [0.1, 0.15) is 0 Å². The summed E-state index contributed by atoms with van der Waals surface area (Å²) in [6, 6.07) is 8.50. The van der Waals surface area contributed by atoms with Crippen LogP contribution in [0.4, 0.5) is 4.79 Å². The van der Waals surface area contributed by atoms with E-state index in [9.17, 15) is 4.79 Å². The Labute approximate surface area is 102 Å². The molecule has 3 nitrogen and oxygen atoms in total. The van der Waals surface area contributed by atoms with Gasteiger partial charge < -0.3 is 10.0 Å². The molecule has 0 aromatic heterocycles. The number of rotatable bonds is 3. The lowest BCUT2D eigenvalue weighted by molar-refractivity contribution is 0.122. The zero-order valence-corrected chi connectivity index (χ0v) is 10.4. The van der Waals surface area contributed by atoms with Crippen LogP contribution in [-0.4, -0.2) is 29.7 Å². The lowest BCUT2D eigenvalue weighted by atomic mass is 9.64. The van der Waals surface area contributed by atoms with Gasteiger partial charge in [-0.2, -0.15) is 0 Å². The Hall–Kier alpha value is -1.51. The summed E-state index contributed by atoms with van der Waals surface area (Å²) in [7, 11) is 1.65. The van der Waals surface area contributed by atoms with E-state index in [4.69, 9.17) is 5.11 Å². The van der Waals surface area contributed by atoms with E-state index in [-0.39, 0.29) is 5.41 Å². The van der Waals surface area contributed by atoms with Gasteiger partial charge in [-0.15, -0.1) is 0 Å². The van der Waals surface area contributed by atoms with Crippen molar-refractivity contribution in [3.63, 3.8) is 0 Å². The van der Waals surface area contributed by atoms with E-state index in [0.29, 0.717) is 6.54 Å². The van der Waals surface area contributed by atoms with Crippen LogP contribution in [0.1, 0.15) is 30.4 Å². The zero-order valence-electron chi connectivity index (χ0n) is 10.4. The third-order valence-electron chi connectivity index (χ3n) is 3.84. The van der Waals surface area contributed by atoms with Crippen LogP contribution in [0.3, 0.4) is 0 Å². The molecule has 17 heavy (non-hydrogen) atoms. The fourth-order valence-electron chi connectivity index (χ4n) is 2.57. The van der Waals surface area contributed by atoms with Crippen LogP contribution in [0.25, 0.3) is 0 Å². The van der Waals surface area contributed by atoms with Crippen LogP contribution in [0.5, 0.6) is 0 Å². The highest BCUT2D eigenvalue weighted by atomic mass is 16.4. The first-order valence-corrected chi connectivity index (χ1v) is 6.05. The number of carbonyl (C=O) groups is 1. The molecule has 0 radical (unpaired) electrons. The van der Waals surface area contributed by atoms with Gasteiger partial charge in [-0.25, -0.2) is 4.79 Å². The molecule has 1 fully saturated rings. The van der Waals surface area contributed by atoms with Gasteiger partial charge in [0, 0.05) is 19.0 Å². The Morgan fingerprint density at radius 1 is 1.35 bits per heavy atom. The van der Waals surface area contributed by atoms with E-state index in [0.717, 1.165) is 12.8 Å². The zero-order chi connectivity index (χ0) is 12.5. The topological polar surface area (TPSA) is 40.5 Å². The van der Waals surface area contributed by atoms with E-state index in [1.54, 1.807) is 7.05 Å². The Balaban J connectivity index is 2.19. The summed E-state index contributed by atoms with van der Waals surface area (Å²) in [6.07, 6.45) is 2.53. The summed E-state index contributed by atoms with van der Waals surface area (Å²) in [5.41, 5.74) is 2.58. The highest BCUT2D eigenvalue weighted by Crippen LogP contribution is 2.44. The number of aryl methyl sites for hydroxylation is 1. The molecule has 0 spiro atoms. The molecule has 1 aliphatic rings. The molecule has 1 saturated carbocycles. The molecule has 1 aromatic carbocycles. The molecule has 0 aliphatic heterocycles. The van der Waals surface area contributed by atoms with Gasteiger partial charge in [0.2, 0.25) is 0 Å². The number of carboxylic acid groups (broad SMARTS) is 1. The van der Waals surface area contributed by atoms with Crippen molar-refractivity contribution in [1.29, 1.82) is 0 Å². The number of hydrogen-bond donors (Lipinski definition) is 1. The predicted molar refractivity (Wildman–Crippen MR) is 67.4 cm³/mol. The number of benzene rings is 1. The van der Waals surface area contributed by atoms with Gasteiger partial charge in [0.15, 0.2) is 0 Å². The SMILES string of the molecule is Cc1ccc(C2(CN(C)C(=O)O)CCC2)cc1. The first kappa shape index (κ1) is 12.0. The summed E-state index contributed by atoms with van der Waals surface area (Å²) < 4.78 is 0. The van der Waals surface area contributed by atoms with Crippen molar-refractivity contribution >= 4 is 6.09 Å². The molecule has 1 aliphatic carbocycles. The van der Waals surface area contributed by atoms with Crippen LogP contribution in [0.15, 0.2) is 24.3 Å². The second-order valence-electron chi connectivity index (χ2n) is 5.14. The molecule has 0 bridgehead atoms. The van der Waals surface area contributed by atoms with E-state index in [2.05, 4.69) is 31.2 Å². The first-order valence-electron chi connectivity index (χ1n) is 6.05. The largest absolute Gasteiger partial charge is 0.465 e. The molecule has 0 saturated heterocycles. The Bertz CT molecular complexity index is 407. The minimum Gasteiger partial charge on any atom is -0.465 e. The maximum Gasteiger partial charge on any atom is 0.407 e. The average Bonchev–Trinajstić information content (AvgIpc) is 2.24. The third kappa shape index (κ3) is 2.28. The maximum atomic E-state index is 10.9. The minimum atomic E-state index is -0.844. The molecule has 0 heterocycles. The number of nitrogens with zero attached hydrogens (tertiary/aromatic N) is 1. The Morgan fingerprint density at radius 3 is 2.35 bits per heavy atom. The second-order valence-corrected chi connectivity index (χ2v) is 5.14. The molecule has 1 amide bonds. The molecule has 3 heteroatoms. The van der Waals surface area contributed by atoms with E-state index < -0.39 is 6.09 Å². The van der Waals surface area contributed by atoms with Gasteiger partial charge in [-0.05, 0) is 25.3 Å². The Kier molecular flexibility index (Phi) is 3.09. The van der Waals surface area contributed by atoms with Crippen molar-refractivity contribution in [2.24, 2.45) is 0 Å². The van der Waals surface area contributed by atoms with Gasteiger partial charge in [0.05, 0.1) is 0 Å². The van der Waals surface area contributed by atoms with E-state index in [1.807, 2.05) is 0 Å². The van der Waals surface area contributed by atoms with E-state index >= 15 is 0 Å². The Morgan fingerprint density at radius 2 is 1.94 bits per heavy atom. The van der Waals surface area contributed by atoms with Crippen LogP contribution >= 0.6 is 0 Å². The van der Waals surface area contributed by atoms with Crippen LogP contribution < -0.4 is 0 Å². The standard InChI is InChI=1S/C14H19NO2/c1-11-4-6-12(7-5-11)14(8-3-9-14)10-15(2)13(16)17/h4-7H,3,8-10H2,1-2H3,(H,16,17). The second kappa shape index (κ2) is 4.40. The van der Waals surface area contributed by atoms with Crippen LogP contribution in [0.2, 0.25) is 0 Å². The van der Waals surface area contributed by atoms with Crippen molar-refractivity contribution in [2.45, 2.75) is 31.6 Å². The minimum absolute atomic E-state index is 0.0564. The molecule has 92 valence electrons. The summed E-state index contributed by atoms with van der Waals surface area (Å²) in [5, 5.41) is 8.98. The van der Waals surface area contributed by atoms with Crippen molar-refractivity contribution in [3.8, 4) is 0 Å². The molecular weight excluding hydrogens is 214 g/mol. The fourth-order valence-corrected chi connectivity index (χ4v) is 2.57. The monoisotopic (exact) mass is 233 g/mol. The van der Waals surface area contributed by atoms with Crippen LogP contribution in [-0.2, 0) is 5.41 Å². The molecular formula is C14H19NO2. The van der Waals surface area contributed by atoms with Crippen molar-refractivity contribution in [2.75, 3.05) is 13.6 Å².